The van der Waals surface area contributed by atoms with Crippen LogP contribution in [0.3, 0.4) is 0 Å². The lowest BCUT2D eigenvalue weighted by molar-refractivity contribution is 0.0950. The van der Waals surface area contributed by atoms with Gasteiger partial charge in [-0.15, -0.1) is 0 Å². The first-order chi connectivity index (χ1) is 12.0. The number of fused-ring (bicyclic) bond motifs is 1. The number of aromatic nitrogens is 2. The first-order valence-corrected chi connectivity index (χ1v) is 7.63. The molecule has 0 aliphatic rings. The summed E-state index contributed by atoms with van der Waals surface area (Å²) in [5.74, 6) is -0.160. The topological polar surface area (TPSA) is 65.4 Å². The fourth-order valence-corrected chi connectivity index (χ4v) is 2.74. The number of amides is 1. The molecule has 1 heterocycles. The molecule has 130 valence electrons. The van der Waals surface area contributed by atoms with E-state index in [1.54, 1.807) is 13.4 Å². The second-order valence-electron chi connectivity index (χ2n) is 5.50. The zero-order valence-electron chi connectivity index (χ0n) is 14.2. The number of ether oxygens (including phenoxy) is 2. The molecule has 0 aliphatic heterocycles. The number of hydrogen-bond acceptors (Lipinski definition) is 4. The van der Waals surface area contributed by atoms with Crippen LogP contribution in [0.2, 0.25) is 0 Å². The molecule has 3 aromatic rings. The van der Waals surface area contributed by atoms with E-state index < -0.39 is 5.82 Å². The van der Waals surface area contributed by atoms with Crippen LogP contribution in [0.4, 0.5) is 4.39 Å². The van der Waals surface area contributed by atoms with Crippen LogP contribution in [0, 0.1) is 5.82 Å². The molecule has 7 heteroatoms. The minimum atomic E-state index is -0.514. The number of halogens is 1. The second-order valence-corrected chi connectivity index (χ2v) is 5.50. The van der Waals surface area contributed by atoms with E-state index in [2.05, 4.69) is 10.3 Å². The highest BCUT2D eigenvalue weighted by atomic mass is 19.1. The van der Waals surface area contributed by atoms with Crippen LogP contribution in [0.5, 0.6) is 11.5 Å². The second kappa shape index (κ2) is 6.80. The molecule has 2 aromatic carbocycles. The average molecular weight is 343 g/mol. The van der Waals surface area contributed by atoms with E-state index in [-0.39, 0.29) is 18.2 Å². The molecule has 0 fully saturated rings. The molecule has 0 aliphatic carbocycles. The number of carbonyl (C=O) groups is 1. The zero-order valence-corrected chi connectivity index (χ0v) is 14.2. The number of benzene rings is 2. The van der Waals surface area contributed by atoms with Gasteiger partial charge >= 0.3 is 0 Å². The summed E-state index contributed by atoms with van der Waals surface area (Å²) in [5.41, 5.74) is 2.84. The van der Waals surface area contributed by atoms with Crippen LogP contribution >= 0.6 is 0 Å². The van der Waals surface area contributed by atoms with Gasteiger partial charge in [-0.2, -0.15) is 0 Å². The number of nitrogens with one attached hydrogen (secondary N) is 1. The van der Waals surface area contributed by atoms with Gasteiger partial charge < -0.3 is 19.4 Å². The molecular weight excluding hydrogens is 325 g/mol. The fraction of sp³-hybridized carbons (Fsp3) is 0.222. The van der Waals surface area contributed by atoms with Crippen molar-refractivity contribution < 1.29 is 18.7 Å². The van der Waals surface area contributed by atoms with Gasteiger partial charge in [0.05, 0.1) is 31.6 Å². The van der Waals surface area contributed by atoms with E-state index in [0.717, 1.165) is 16.6 Å². The van der Waals surface area contributed by atoms with Crippen LogP contribution < -0.4 is 14.8 Å². The molecule has 0 saturated carbocycles. The van der Waals surface area contributed by atoms with E-state index in [0.29, 0.717) is 11.3 Å². The largest absolute Gasteiger partial charge is 0.496 e. The molecule has 0 spiro atoms. The number of methoxy groups -OCH3 is 2. The Morgan fingerprint density at radius 2 is 1.96 bits per heavy atom. The molecule has 1 aromatic heterocycles. The lowest BCUT2D eigenvalue weighted by atomic mass is 10.1. The quantitative estimate of drug-likeness (QED) is 0.773. The Morgan fingerprint density at radius 3 is 2.68 bits per heavy atom. The molecule has 0 unspecified atom stereocenters. The number of aryl methyl sites for hydroxylation is 1. The van der Waals surface area contributed by atoms with Crippen molar-refractivity contribution in [3.8, 4) is 11.5 Å². The van der Waals surface area contributed by atoms with Crippen LogP contribution in [0.25, 0.3) is 11.0 Å². The average Bonchev–Trinajstić information content (AvgIpc) is 3.01. The van der Waals surface area contributed by atoms with E-state index >= 15 is 0 Å². The van der Waals surface area contributed by atoms with E-state index in [1.807, 2.05) is 23.7 Å². The fourth-order valence-electron chi connectivity index (χ4n) is 2.74. The van der Waals surface area contributed by atoms with Gasteiger partial charge in [0.15, 0.2) is 11.6 Å². The SMILES string of the molecule is COc1cc(C(=O)NCc2c(OC)ccc3ncn(C)c23)ccc1F. The maximum Gasteiger partial charge on any atom is 0.251 e. The van der Waals surface area contributed by atoms with Gasteiger partial charge in [-0.3, -0.25) is 4.79 Å². The Kier molecular flexibility index (Phi) is 4.56. The third-order valence-electron chi connectivity index (χ3n) is 4.00. The highest BCUT2D eigenvalue weighted by Gasteiger charge is 2.15. The third kappa shape index (κ3) is 3.13. The summed E-state index contributed by atoms with van der Waals surface area (Å²) in [5, 5.41) is 2.83. The Balaban J connectivity index is 1.87. The van der Waals surface area contributed by atoms with E-state index in [1.165, 1.54) is 25.3 Å². The van der Waals surface area contributed by atoms with Crippen LogP contribution in [-0.4, -0.2) is 29.7 Å². The maximum atomic E-state index is 13.5. The van der Waals surface area contributed by atoms with Gasteiger partial charge in [0.2, 0.25) is 0 Å². The smallest absolute Gasteiger partial charge is 0.251 e. The van der Waals surface area contributed by atoms with Crippen molar-refractivity contribution in [1.29, 1.82) is 0 Å². The molecule has 0 radical (unpaired) electrons. The summed E-state index contributed by atoms with van der Waals surface area (Å²) in [6.07, 6.45) is 1.71. The number of imidazole rings is 1. The van der Waals surface area contributed by atoms with Gasteiger partial charge in [-0.05, 0) is 30.3 Å². The van der Waals surface area contributed by atoms with Crippen molar-refractivity contribution in [1.82, 2.24) is 14.9 Å². The van der Waals surface area contributed by atoms with Crippen molar-refractivity contribution in [2.24, 2.45) is 7.05 Å². The predicted molar refractivity (Wildman–Crippen MR) is 91.4 cm³/mol. The van der Waals surface area contributed by atoms with Gasteiger partial charge in [0.25, 0.3) is 5.91 Å². The zero-order chi connectivity index (χ0) is 18.0. The maximum absolute atomic E-state index is 13.5. The summed E-state index contributed by atoms with van der Waals surface area (Å²) < 4.78 is 25.7. The van der Waals surface area contributed by atoms with Gasteiger partial charge in [0.1, 0.15) is 5.75 Å². The Labute approximate surface area is 144 Å². The Hall–Kier alpha value is -3.09. The molecule has 6 nitrogen and oxygen atoms in total. The van der Waals surface area contributed by atoms with E-state index in [9.17, 15) is 9.18 Å². The summed E-state index contributed by atoms with van der Waals surface area (Å²) in [6.45, 7) is 0.249. The first-order valence-electron chi connectivity index (χ1n) is 7.63. The van der Waals surface area contributed by atoms with Gasteiger partial charge in [0, 0.05) is 24.7 Å². The number of rotatable bonds is 5. The molecule has 0 saturated heterocycles. The summed E-state index contributed by atoms with van der Waals surface area (Å²) in [7, 11) is 4.81. The molecule has 0 bridgehead atoms. The molecule has 25 heavy (non-hydrogen) atoms. The number of nitrogens with zero attached hydrogens (tertiary/aromatic N) is 2. The molecule has 1 amide bonds. The lowest BCUT2D eigenvalue weighted by Gasteiger charge is -2.12. The number of carbonyl (C=O) groups excluding carboxylic acids is 1. The van der Waals surface area contributed by atoms with Crippen LogP contribution in [0.1, 0.15) is 15.9 Å². The lowest BCUT2D eigenvalue weighted by Crippen LogP contribution is -2.23. The van der Waals surface area contributed by atoms with Crippen LogP contribution in [0.15, 0.2) is 36.7 Å². The molecule has 1 N–H and O–H groups in total. The summed E-state index contributed by atoms with van der Waals surface area (Å²) in [4.78, 5) is 16.7. The highest BCUT2D eigenvalue weighted by Crippen LogP contribution is 2.27. The van der Waals surface area contributed by atoms with Crippen molar-refractivity contribution in [3.05, 3.63) is 53.6 Å². The van der Waals surface area contributed by atoms with Gasteiger partial charge in [-0.1, -0.05) is 0 Å². The number of hydrogen-bond donors (Lipinski definition) is 1. The molecule has 0 atom stereocenters. The Bertz CT molecular complexity index is 937. The van der Waals surface area contributed by atoms with Crippen molar-refractivity contribution in [2.45, 2.75) is 6.54 Å². The third-order valence-corrected chi connectivity index (χ3v) is 4.00. The van der Waals surface area contributed by atoms with Crippen LogP contribution in [-0.2, 0) is 13.6 Å². The summed E-state index contributed by atoms with van der Waals surface area (Å²) >= 11 is 0. The minimum absolute atomic E-state index is 0.0268. The Morgan fingerprint density at radius 1 is 1.20 bits per heavy atom. The highest BCUT2D eigenvalue weighted by molar-refractivity contribution is 5.95. The molecule has 3 rings (SSSR count). The van der Waals surface area contributed by atoms with Crippen molar-refractivity contribution in [3.63, 3.8) is 0 Å². The summed E-state index contributed by atoms with van der Waals surface area (Å²) in [6, 6.07) is 7.67. The predicted octanol–water partition coefficient (Wildman–Crippen LogP) is 2.66. The first kappa shape index (κ1) is 16.8. The normalized spacial score (nSPS) is 10.7. The van der Waals surface area contributed by atoms with E-state index in [4.69, 9.17) is 9.47 Å². The van der Waals surface area contributed by atoms with Gasteiger partial charge in [-0.25, -0.2) is 9.37 Å². The minimum Gasteiger partial charge on any atom is -0.496 e. The standard InChI is InChI=1S/C18H18FN3O3/c1-22-10-21-14-6-7-15(24-2)12(17(14)22)9-20-18(23)11-4-5-13(19)16(8-11)25-3/h4-8,10H,9H2,1-3H3,(H,20,23). The van der Waals surface area contributed by atoms with Crippen molar-refractivity contribution >= 4 is 16.9 Å². The monoisotopic (exact) mass is 343 g/mol. The van der Waals surface area contributed by atoms with Crippen molar-refractivity contribution in [2.75, 3.05) is 14.2 Å². The molecular formula is C18H18FN3O3.